The SMILES string of the molecule is Cn1c(CN2C[C@@H]3C[C@@H](C2)c2cccc(=O)n2C3)cc(=O)c(O)c1CN1C[C@@]2(C)C[C@@H]1CC(C)(C)C2. The van der Waals surface area contributed by atoms with Crippen LogP contribution in [-0.4, -0.2) is 49.7 Å². The second-order valence-electron chi connectivity index (χ2n) is 13.4. The van der Waals surface area contributed by atoms with Crippen molar-refractivity contribution in [1.29, 1.82) is 0 Å². The Hall–Kier alpha value is -2.38. The molecule has 0 aromatic carbocycles. The van der Waals surface area contributed by atoms with Gasteiger partial charge in [0, 0.05) is 81.8 Å². The van der Waals surface area contributed by atoms with Gasteiger partial charge in [-0.3, -0.25) is 19.4 Å². The third-order valence-corrected chi connectivity index (χ3v) is 9.46. The van der Waals surface area contributed by atoms with E-state index in [1.165, 1.54) is 12.8 Å². The van der Waals surface area contributed by atoms with Crippen molar-refractivity contribution in [3.63, 3.8) is 0 Å². The molecule has 4 aliphatic rings. The van der Waals surface area contributed by atoms with Crippen molar-refractivity contribution in [3.8, 4) is 5.75 Å². The zero-order valence-electron chi connectivity index (χ0n) is 22.2. The number of likely N-dealkylation sites (tertiary alicyclic amines) is 2. The number of hydrogen-bond donors (Lipinski definition) is 1. The molecule has 5 heterocycles. The summed E-state index contributed by atoms with van der Waals surface area (Å²) in [5, 5.41) is 10.8. The van der Waals surface area contributed by atoms with Crippen LogP contribution in [0.5, 0.6) is 5.75 Å². The first-order chi connectivity index (χ1) is 17.0. The lowest BCUT2D eigenvalue weighted by atomic mass is 9.65. The van der Waals surface area contributed by atoms with Crippen LogP contribution in [0.4, 0.5) is 0 Å². The topological polar surface area (TPSA) is 70.7 Å². The zero-order valence-corrected chi connectivity index (χ0v) is 22.2. The highest BCUT2D eigenvalue weighted by Crippen LogP contribution is 2.52. The lowest BCUT2D eigenvalue weighted by Gasteiger charge is -2.43. The molecule has 0 radical (unpaired) electrons. The first kappa shape index (κ1) is 24.0. The van der Waals surface area contributed by atoms with Crippen molar-refractivity contribution in [1.82, 2.24) is 18.9 Å². The molecule has 0 spiro atoms. The highest BCUT2D eigenvalue weighted by molar-refractivity contribution is 5.30. The summed E-state index contributed by atoms with van der Waals surface area (Å²) in [6.07, 6.45) is 4.71. The number of hydrogen-bond acceptors (Lipinski definition) is 5. The van der Waals surface area contributed by atoms with E-state index in [4.69, 9.17) is 0 Å². The van der Waals surface area contributed by atoms with Gasteiger partial charge in [-0.1, -0.05) is 26.8 Å². The number of aromatic hydroxyl groups is 1. The molecule has 1 aliphatic carbocycles. The quantitative estimate of drug-likeness (QED) is 0.710. The van der Waals surface area contributed by atoms with Gasteiger partial charge in [0.05, 0.1) is 5.69 Å². The van der Waals surface area contributed by atoms with Crippen molar-refractivity contribution in [2.45, 2.75) is 78.0 Å². The molecular weight excluding hydrogens is 452 g/mol. The van der Waals surface area contributed by atoms with Crippen molar-refractivity contribution < 1.29 is 5.11 Å². The Morgan fingerprint density at radius 2 is 1.86 bits per heavy atom. The Labute approximate surface area is 213 Å². The van der Waals surface area contributed by atoms with Crippen LogP contribution in [0.15, 0.2) is 33.9 Å². The Bertz CT molecular complexity index is 1310. The second kappa shape index (κ2) is 8.32. The van der Waals surface area contributed by atoms with Crippen LogP contribution in [0.25, 0.3) is 0 Å². The van der Waals surface area contributed by atoms with Gasteiger partial charge in [-0.05, 0) is 48.5 Å². The Balaban J connectivity index is 1.24. The summed E-state index contributed by atoms with van der Waals surface area (Å²) in [5.41, 5.74) is 3.29. The summed E-state index contributed by atoms with van der Waals surface area (Å²) in [4.78, 5) is 30.2. The minimum atomic E-state index is -0.277. The van der Waals surface area contributed by atoms with Crippen molar-refractivity contribution in [2.24, 2.45) is 23.8 Å². The molecule has 36 heavy (non-hydrogen) atoms. The van der Waals surface area contributed by atoms with Crippen LogP contribution >= 0.6 is 0 Å². The summed E-state index contributed by atoms with van der Waals surface area (Å²) in [6.45, 7) is 12.0. The molecule has 7 heteroatoms. The standard InChI is InChI=1S/C29H40N4O3/c1-28(2)10-22-11-29(3,17-28)18-32(22)16-24-27(36)25(34)9-21(30(24)4)15-31-12-19-8-20(14-31)23-6-5-7-26(35)33(23)13-19/h5-7,9,19-20,22,36H,8,10-18H2,1-4H3/t19-,20-,22-,29-/m0/s1. The third-order valence-electron chi connectivity index (χ3n) is 9.46. The number of aromatic nitrogens is 2. The van der Waals surface area contributed by atoms with E-state index in [1.807, 2.05) is 17.7 Å². The van der Waals surface area contributed by atoms with Gasteiger partial charge in [0.1, 0.15) is 0 Å². The number of piperidine rings is 1. The van der Waals surface area contributed by atoms with Gasteiger partial charge in [-0.2, -0.15) is 0 Å². The van der Waals surface area contributed by atoms with Gasteiger partial charge in [0.2, 0.25) is 5.43 Å². The summed E-state index contributed by atoms with van der Waals surface area (Å²) >= 11 is 0. The highest BCUT2D eigenvalue weighted by Gasteiger charge is 2.49. The lowest BCUT2D eigenvalue weighted by Crippen LogP contribution is -2.47. The molecule has 2 aromatic heterocycles. The smallest absolute Gasteiger partial charge is 0.250 e. The number of pyridine rings is 2. The van der Waals surface area contributed by atoms with Crippen LogP contribution in [0.3, 0.4) is 0 Å². The summed E-state index contributed by atoms with van der Waals surface area (Å²) in [5.74, 6) is 0.682. The van der Waals surface area contributed by atoms with E-state index < -0.39 is 0 Å². The van der Waals surface area contributed by atoms with E-state index in [-0.39, 0.29) is 16.7 Å². The third kappa shape index (κ3) is 4.14. The largest absolute Gasteiger partial charge is 0.503 e. The second-order valence-corrected chi connectivity index (χ2v) is 13.4. The first-order valence-electron chi connectivity index (χ1n) is 13.6. The average Bonchev–Trinajstić information content (AvgIpc) is 3.03. The molecule has 0 amide bonds. The van der Waals surface area contributed by atoms with Crippen LogP contribution < -0.4 is 11.0 Å². The summed E-state index contributed by atoms with van der Waals surface area (Å²) in [7, 11) is 2.00. The maximum absolute atomic E-state index is 12.9. The maximum atomic E-state index is 12.9. The van der Waals surface area contributed by atoms with Gasteiger partial charge in [0.25, 0.3) is 5.56 Å². The molecule has 0 unspecified atom stereocenters. The molecule has 4 bridgehead atoms. The summed E-state index contributed by atoms with van der Waals surface area (Å²) in [6, 6.07) is 7.74. The minimum Gasteiger partial charge on any atom is -0.503 e. The monoisotopic (exact) mass is 492 g/mol. The first-order valence-corrected chi connectivity index (χ1v) is 13.6. The lowest BCUT2D eigenvalue weighted by molar-refractivity contribution is 0.111. The van der Waals surface area contributed by atoms with Gasteiger partial charge in [-0.25, -0.2) is 0 Å². The average molecular weight is 493 g/mol. The molecule has 3 fully saturated rings. The van der Waals surface area contributed by atoms with Crippen LogP contribution in [0, 0.1) is 16.7 Å². The van der Waals surface area contributed by atoms with Gasteiger partial charge < -0.3 is 14.2 Å². The summed E-state index contributed by atoms with van der Waals surface area (Å²) < 4.78 is 4.02. The minimum absolute atomic E-state index is 0.101. The molecule has 2 saturated heterocycles. The number of rotatable bonds is 4. The fourth-order valence-electron chi connectivity index (χ4n) is 8.43. The molecule has 4 atom stereocenters. The van der Waals surface area contributed by atoms with Crippen LogP contribution in [0.1, 0.15) is 69.5 Å². The van der Waals surface area contributed by atoms with Crippen molar-refractivity contribution in [3.05, 3.63) is 61.9 Å². The van der Waals surface area contributed by atoms with Crippen LogP contribution in [0.2, 0.25) is 0 Å². The van der Waals surface area contributed by atoms with E-state index in [0.717, 1.165) is 56.1 Å². The van der Waals surface area contributed by atoms with E-state index in [0.29, 0.717) is 41.8 Å². The molecule has 7 nitrogen and oxygen atoms in total. The molecule has 1 saturated carbocycles. The van der Waals surface area contributed by atoms with Gasteiger partial charge in [-0.15, -0.1) is 0 Å². The Morgan fingerprint density at radius 1 is 1.06 bits per heavy atom. The number of nitrogens with zero attached hydrogens (tertiary/aromatic N) is 4. The van der Waals surface area contributed by atoms with E-state index >= 15 is 0 Å². The zero-order chi connectivity index (χ0) is 25.4. The van der Waals surface area contributed by atoms with E-state index in [2.05, 4.69) is 41.2 Å². The maximum Gasteiger partial charge on any atom is 0.250 e. The Morgan fingerprint density at radius 3 is 2.67 bits per heavy atom. The van der Waals surface area contributed by atoms with Crippen molar-refractivity contribution in [2.75, 3.05) is 19.6 Å². The van der Waals surface area contributed by atoms with Gasteiger partial charge in [0.15, 0.2) is 5.75 Å². The van der Waals surface area contributed by atoms with E-state index in [1.54, 1.807) is 12.1 Å². The molecule has 1 N–H and O–H groups in total. The highest BCUT2D eigenvalue weighted by atomic mass is 16.3. The molecule has 6 rings (SSSR count). The fraction of sp³-hybridized carbons (Fsp3) is 0.655. The normalized spacial score (nSPS) is 31.4. The Kier molecular flexibility index (Phi) is 5.54. The van der Waals surface area contributed by atoms with Gasteiger partial charge >= 0.3 is 0 Å². The fourth-order valence-corrected chi connectivity index (χ4v) is 8.43. The molecule has 194 valence electrons. The molecular formula is C29H40N4O3. The van der Waals surface area contributed by atoms with Crippen molar-refractivity contribution >= 4 is 0 Å². The predicted octanol–water partition coefficient (Wildman–Crippen LogP) is 3.27. The predicted molar refractivity (Wildman–Crippen MR) is 140 cm³/mol. The van der Waals surface area contributed by atoms with Crippen LogP contribution in [-0.2, 0) is 26.7 Å². The molecule has 3 aliphatic heterocycles. The van der Waals surface area contributed by atoms with E-state index in [9.17, 15) is 14.7 Å². The molecule has 2 aromatic rings. The number of fused-ring (bicyclic) bond motifs is 6.